The second-order valence-corrected chi connectivity index (χ2v) is 5.32. The number of allylic oxidation sites excluding steroid dienone is 3. The monoisotopic (exact) mass is 341 g/mol. The number of aryl methyl sites for hydroxylation is 1. The van der Waals surface area contributed by atoms with Gasteiger partial charge in [-0.2, -0.15) is 0 Å². The van der Waals surface area contributed by atoms with Crippen molar-refractivity contribution in [1.82, 2.24) is 0 Å². The number of fused-ring (bicyclic) bond motifs is 1. The Hall–Kier alpha value is -2.06. The summed E-state index contributed by atoms with van der Waals surface area (Å²) in [4.78, 5) is 0. The lowest BCUT2D eigenvalue weighted by atomic mass is 9.95. The summed E-state index contributed by atoms with van der Waals surface area (Å²) < 4.78 is 5.48. The minimum atomic E-state index is 0.819. The fourth-order valence-corrected chi connectivity index (χ4v) is 2.52. The Morgan fingerprint density at radius 2 is 1.56 bits per heavy atom. The van der Waals surface area contributed by atoms with E-state index in [2.05, 4.69) is 56.3 Å². The van der Waals surface area contributed by atoms with E-state index in [-0.39, 0.29) is 0 Å². The quantitative estimate of drug-likeness (QED) is 0.510. The second kappa shape index (κ2) is 13.3. The zero-order valence-electron chi connectivity index (χ0n) is 17.0. The van der Waals surface area contributed by atoms with Crippen LogP contribution in [-0.4, -0.2) is 13.7 Å². The molecule has 0 saturated heterocycles. The molecule has 2 aromatic carbocycles. The molecule has 0 aliphatic carbocycles. The number of benzene rings is 2. The molecule has 0 amide bonds. The standard InChI is InChI=1S/C18H20O.C3H9N.C2H6/c1-5-14(18(6-2)19-4)16-12-8-10-15-13(3)9-7-11-17(15)16;1-2-3-4;1-2/h5-12H,1-4H3;2-4H2,1H3;1-2H3/b14-5-,18-6+;;. The van der Waals surface area contributed by atoms with E-state index in [1.54, 1.807) is 7.11 Å². The van der Waals surface area contributed by atoms with Crippen LogP contribution in [0.25, 0.3) is 16.3 Å². The number of nitrogens with two attached hydrogens (primary N) is 1. The largest absolute Gasteiger partial charge is 0.496 e. The van der Waals surface area contributed by atoms with Gasteiger partial charge in [-0.3, -0.25) is 0 Å². The van der Waals surface area contributed by atoms with Gasteiger partial charge in [-0.25, -0.2) is 0 Å². The third kappa shape index (κ3) is 6.39. The average molecular weight is 342 g/mol. The third-order valence-corrected chi connectivity index (χ3v) is 3.76. The van der Waals surface area contributed by atoms with Crippen LogP contribution in [0.15, 0.2) is 54.3 Å². The Balaban J connectivity index is 0.000000845. The molecule has 0 radical (unpaired) electrons. The van der Waals surface area contributed by atoms with Gasteiger partial charge in [0.1, 0.15) is 5.76 Å². The third-order valence-electron chi connectivity index (χ3n) is 3.76. The maximum absolute atomic E-state index is 5.48. The highest BCUT2D eigenvalue weighted by atomic mass is 16.5. The molecule has 2 aromatic rings. The Morgan fingerprint density at radius 1 is 1.00 bits per heavy atom. The summed E-state index contributed by atoms with van der Waals surface area (Å²) in [7, 11) is 1.72. The van der Waals surface area contributed by atoms with E-state index in [4.69, 9.17) is 10.5 Å². The van der Waals surface area contributed by atoms with Crippen LogP contribution in [0.4, 0.5) is 0 Å². The molecule has 0 saturated carbocycles. The summed E-state index contributed by atoms with van der Waals surface area (Å²) in [6, 6.07) is 12.9. The summed E-state index contributed by atoms with van der Waals surface area (Å²) in [5, 5.41) is 2.57. The van der Waals surface area contributed by atoms with Gasteiger partial charge in [-0.15, -0.1) is 0 Å². The van der Waals surface area contributed by atoms with Crippen LogP contribution in [0.5, 0.6) is 0 Å². The Bertz CT molecular complexity index is 682. The molecule has 2 nitrogen and oxygen atoms in total. The molecule has 0 heterocycles. The highest BCUT2D eigenvalue weighted by Gasteiger charge is 2.10. The molecule has 25 heavy (non-hydrogen) atoms. The number of methoxy groups -OCH3 is 1. The van der Waals surface area contributed by atoms with Crippen LogP contribution in [0.3, 0.4) is 0 Å². The molecule has 0 bridgehead atoms. The van der Waals surface area contributed by atoms with Crippen molar-refractivity contribution >= 4 is 16.3 Å². The van der Waals surface area contributed by atoms with E-state index < -0.39 is 0 Å². The number of rotatable bonds is 4. The minimum absolute atomic E-state index is 0.819. The molecule has 138 valence electrons. The zero-order valence-corrected chi connectivity index (χ0v) is 17.0. The summed E-state index contributed by atoms with van der Waals surface area (Å²) in [6.07, 6.45) is 5.21. The van der Waals surface area contributed by atoms with Crippen molar-refractivity contribution in [3.05, 3.63) is 65.4 Å². The molecule has 2 rings (SSSR count). The topological polar surface area (TPSA) is 35.2 Å². The average Bonchev–Trinajstić information content (AvgIpc) is 2.68. The summed E-state index contributed by atoms with van der Waals surface area (Å²) >= 11 is 0. The van der Waals surface area contributed by atoms with Crippen molar-refractivity contribution in [2.45, 2.75) is 48.0 Å². The van der Waals surface area contributed by atoms with Crippen molar-refractivity contribution in [2.24, 2.45) is 5.73 Å². The highest BCUT2D eigenvalue weighted by molar-refractivity contribution is 5.98. The Kier molecular flexibility index (Phi) is 12.2. The number of ether oxygens (including phenoxy) is 1. The summed E-state index contributed by atoms with van der Waals surface area (Å²) in [6.45, 7) is 13.1. The molecular weight excluding hydrogens is 306 g/mol. The fourth-order valence-electron chi connectivity index (χ4n) is 2.52. The van der Waals surface area contributed by atoms with Crippen LogP contribution < -0.4 is 5.73 Å². The van der Waals surface area contributed by atoms with E-state index in [1.165, 1.54) is 21.9 Å². The van der Waals surface area contributed by atoms with Crippen LogP contribution in [0.2, 0.25) is 0 Å². The fraction of sp³-hybridized carbons (Fsp3) is 0.391. The first-order valence-corrected chi connectivity index (χ1v) is 9.20. The molecule has 0 spiro atoms. The van der Waals surface area contributed by atoms with E-state index in [9.17, 15) is 0 Å². The van der Waals surface area contributed by atoms with Gasteiger partial charge in [0, 0.05) is 5.57 Å². The lowest BCUT2D eigenvalue weighted by molar-refractivity contribution is 0.310. The van der Waals surface area contributed by atoms with Crippen LogP contribution in [-0.2, 0) is 4.74 Å². The van der Waals surface area contributed by atoms with Crippen molar-refractivity contribution in [1.29, 1.82) is 0 Å². The van der Waals surface area contributed by atoms with Gasteiger partial charge >= 0.3 is 0 Å². The minimum Gasteiger partial charge on any atom is -0.496 e. The van der Waals surface area contributed by atoms with Gasteiger partial charge in [0.25, 0.3) is 0 Å². The summed E-state index contributed by atoms with van der Waals surface area (Å²) in [5.41, 5.74) is 8.69. The molecule has 0 aliphatic heterocycles. The second-order valence-electron chi connectivity index (χ2n) is 5.32. The van der Waals surface area contributed by atoms with Crippen LogP contribution in [0, 0.1) is 6.92 Å². The normalized spacial score (nSPS) is 11.2. The Morgan fingerprint density at radius 3 is 2.04 bits per heavy atom. The highest BCUT2D eigenvalue weighted by Crippen LogP contribution is 2.31. The summed E-state index contributed by atoms with van der Waals surface area (Å²) in [5.74, 6) is 0.913. The van der Waals surface area contributed by atoms with Crippen molar-refractivity contribution < 1.29 is 4.74 Å². The molecule has 0 atom stereocenters. The zero-order chi connectivity index (χ0) is 19.2. The Labute approximate surface area is 154 Å². The van der Waals surface area contributed by atoms with Gasteiger partial charge in [-0.1, -0.05) is 63.2 Å². The first-order chi connectivity index (χ1) is 12.1. The lowest BCUT2D eigenvalue weighted by Crippen LogP contribution is -1.94. The number of hydrogen-bond donors (Lipinski definition) is 1. The van der Waals surface area contributed by atoms with Gasteiger partial charge in [-0.05, 0) is 61.7 Å². The van der Waals surface area contributed by atoms with E-state index >= 15 is 0 Å². The molecular formula is C23H35NO. The maximum Gasteiger partial charge on any atom is 0.122 e. The molecule has 2 heteroatoms. The van der Waals surface area contributed by atoms with Gasteiger partial charge in [0.05, 0.1) is 7.11 Å². The first-order valence-electron chi connectivity index (χ1n) is 9.20. The van der Waals surface area contributed by atoms with Crippen molar-refractivity contribution in [3.63, 3.8) is 0 Å². The SMILES string of the molecule is C/C=C(\C(=C/C)OC)c1cccc2c(C)cccc12.CC.CCCN. The molecule has 0 aromatic heterocycles. The molecule has 0 unspecified atom stereocenters. The van der Waals surface area contributed by atoms with Crippen LogP contribution >= 0.6 is 0 Å². The first kappa shape index (κ1) is 22.9. The number of hydrogen-bond acceptors (Lipinski definition) is 2. The van der Waals surface area contributed by atoms with Gasteiger partial charge < -0.3 is 10.5 Å². The smallest absolute Gasteiger partial charge is 0.122 e. The molecule has 0 aliphatic rings. The van der Waals surface area contributed by atoms with Gasteiger partial charge in [0.15, 0.2) is 0 Å². The van der Waals surface area contributed by atoms with Crippen LogP contribution in [0.1, 0.15) is 52.2 Å². The molecule has 0 fully saturated rings. The lowest BCUT2D eigenvalue weighted by Gasteiger charge is -2.14. The van der Waals surface area contributed by atoms with Gasteiger partial charge in [0.2, 0.25) is 0 Å². The predicted octanol–water partition coefficient (Wildman–Crippen LogP) is 6.48. The van der Waals surface area contributed by atoms with E-state index in [1.807, 2.05) is 33.8 Å². The predicted molar refractivity (Wildman–Crippen MR) is 114 cm³/mol. The molecule has 2 N–H and O–H groups in total. The van der Waals surface area contributed by atoms with E-state index in [0.717, 1.165) is 24.3 Å². The van der Waals surface area contributed by atoms with E-state index in [0.29, 0.717) is 0 Å². The van der Waals surface area contributed by atoms with Crippen molar-refractivity contribution in [3.8, 4) is 0 Å². The maximum atomic E-state index is 5.48. The van der Waals surface area contributed by atoms with Crippen molar-refractivity contribution in [2.75, 3.05) is 13.7 Å².